The first-order valence-electron chi connectivity index (χ1n) is 8.29. The number of anilines is 4. The summed E-state index contributed by atoms with van der Waals surface area (Å²) < 4.78 is 5.21. The minimum Gasteiger partial charge on any atom is -0.444 e. The molecule has 7 nitrogen and oxygen atoms in total. The molecule has 28 heavy (non-hydrogen) atoms. The minimum atomic E-state index is -0.603. The largest absolute Gasteiger partial charge is 0.444 e. The number of rotatable bonds is 6. The van der Waals surface area contributed by atoms with Gasteiger partial charge in [-0.3, -0.25) is 5.32 Å². The molecule has 3 rings (SSSR count). The Kier molecular flexibility index (Phi) is 6.52. The maximum atomic E-state index is 12.0. The molecule has 0 saturated heterocycles. The van der Waals surface area contributed by atoms with Crippen molar-refractivity contribution in [2.75, 3.05) is 23.0 Å². The second-order valence-electron chi connectivity index (χ2n) is 5.65. The van der Waals surface area contributed by atoms with Gasteiger partial charge in [0.1, 0.15) is 12.3 Å². The molecule has 144 valence electrons. The maximum absolute atomic E-state index is 12.0. The van der Waals surface area contributed by atoms with Crippen LogP contribution in [0.5, 0.6) is 0 Å². The van der Waals surface area contributed by atoms with Crippen LogP contribution in [0.4, 0.5) is 27.9 Å². The number of carbonyl (C=O) groups excluding carboxylic acids is 1. The van der Waals surface area contributed by atoms with Gasteiger partial charge < -0.3 is 15.4 Å². The first kappa shape index (κ1) is 19.7. The van der Waals surface area contributed by atoms with Crippen molar-refractivity contribution in [2.24, 2.45) is 0 Å². The van der Waals surface area contributed by atoms with Crippen LogP contribution >= 0.6 is 23.2 Å². The summed E-state index contributed by atoms with van der Waals surface area (Å²) in [5.74, 6) is 0.750. The molecule has 2 aromatic carbocycles. The third-order valence-electron chi connectivity index (χ3n) is 3.65. The molecule has 0 fully saturated rings. The highest BCUT2D eigenvalue weighted by Crippen LogP contribution is 2.27. The van der Waals surface area contributed by atoms with E-state index < -0.39 is 6.09 Å². The molecule has 3 N–H and O–H groups in total. The van der Waals surface area contributed by atoms with Crippen molar-refractivity contribution >= 4 is 52.4 Å². The van der Waals surface area contributed by atoms with Gasteiger partial charge in [0.2, 0.25) is 5.95 Å². The Morgan fingerprint density at radius 1 is 1.11 bits per heavy atom. The van der Waals surface area contributed by atoms with Gasteiger partial charge in [0.15, 0.2) is 5.82 Å². The second kappa shape index (κ2) is 9.25. The summed E-state index contributed by atoms with van der Waals surface area (Å²) in [7, 11) is 1.69. The quantitative estimate of drug-likeness (QED) is 0.502. The molecule has 0 bridgehead atoms. The van der Waals surface area contributed by atoms with Gasteiger partial charge in [0, 0.05) is 12.7 Å². The van der Waals surface area contributed by atoms with Crippen LogP contribution in [0.1, 0.15) is 5.56 Å². The van der Waals surface area contributed by atoms with Crippen molar-refractivity contribution in [3.05, 3.63) is 70.3 Å². The molecule has 0 aliphatic carbocycles. The van der Waals surface area contributed by atoms with E-state index in [0.29, 0.717) is 33.2 Å². The molecule has 0 spiro atoms. The molecule has 1 amide bonds. The zero-order chi connectivity index (χ0) is 19.9. The summed E-state index contributed by atoms with van der Waals surface area (Å²) >= 11 is 11.9. The van der Waals surface area contributed by atoms with Gasteiger partial charge in [0.05, 0.1) is 16.2 Å². The lowest BCUT2D eigenvalue weighted by Gasteiger charge is -2.12. The first-order valence-corrected chi connectivity index (χ1v) is 9.05. The average Bonchev–Trinajstić information content (AvgIpc) is 2.71. The lowest BCUT2D eigenvalue weighted by Crippen LogP contribution is -2.15. The number of halogens is 2. The minimum absolute atomic E-state index is 0.166. The van der Waals surface area contributed by atoms with E-state index >= 15 is 0 Å². The molecule has 0 unspecified atom stereocenters. The Morgan fingerprint density at radius 3 is 2.61 bits per heavy atom. The number of ether oxygens (including phenoxy) is 1. The van der Waals surface area contributed by atoms with Gasteiger partial charge in [-0.2, -0.15) is 4.98 Å². The summed E-state index contributed by atoms with van der Waals surface area (Å²) in [5.41, 5.74) is 1.96. The van der Waals surface area contributed by atoms with E-state index in [1.165, 1.54) is 6.20 Å². The van der Waals surface area contributed by atoms with E-state index in [1.807, 2.05) is 30.3 Å². The second-order valence-corrected chi connectivity index (χ2v) is 6.46. The Morgan fingerprint density at radius 2 is 1.89 bits per heavy atom. The van der Waals surface area contributed by atoms with Crippen molar-refractivity contribution in [3.63, 3.8) is 0 Å². The fraction of sp³-hybridized carbons (Fsp3) is 0.105. The van der Waals surface area contributed by atoms with Crippen molar-refractivity contribution in [3.8, 4) is 0 Å². The highest BCUT2D eigenvalue weighted by Gasteiger charge is 2.11. The van der Waals surface area contributed by atoms with Crippen LogP contribution in [0, 0.1) is 0 Å². The predicted octanol–water partition coefficient (Wildman–Crippen LogP) is 5.32. The molecule has 9 heteroatoms. The number of aromatic nitrogens is 2. The molecule has 0 aliphatic heterocycles. The van der Waals surface area contributed by atoms with Crippen molar-refractivity contribution < 1.29 is 9.53 Å². The van der Waals surface area contributed by atoms with Crippen molar-refractivity contribution in [2.45, 2.75) is 6.61 Å². The number of hydrogen-bond donors (Lipinski definition) is 3. The standard InChI is InChI=1S/C19H17Cl2N5O2/c1-22-17-16(25-19(27)28-11-12-5-3-2-4-6-12)10-23-18(26-17)24-13-7-8-14(20)15(21)9-13/h2-10H,11H2,1H3,(H,25,27)(H2,22,23,24,26). The van der Waals surface area contributed by atoms with E-state index in [0.717, 1.165) is 5.56 Å². The van der Waals surface area contributed by atoms with Crippen LogP contribution in [0.15, 0.2) is 54.7 Å². The third kappa shape index (κ3) is 5.25. The van der Waals surface area contributed by atoms with Gasteiger partial charge in [-0.05, 0) is 23.8 Å². The van der Waals surface area contributed by atoms with Crippen LogP contribution in [-0.2, 0) is 11.3 Å². The Balaban J connectivity index is 1.65. The highest BCUT2D eigenvalue weighted by atomic mass is 35.5. The zero-order valence-corrected chi connectivity index (χ0v) is 16.4. The molecule has 0 atom stereocenters. The van der Waals surface area contributed by atoms with Gasteiger partial charge in [-0.15, -0.1) is 0 Å². The molecule has 1 heterocycles. The lowest BCUT2D eigenvalue weighted by molar-refractivity contribution is 0.155. The van der Waals surface area contributed by atoms with E-state index in [2.05, 4.69) is 25.9 Å². The normalized spacial score (nSPS) is 10.2. The monoisotopic (exact) mass is 417 g/mol. The van der Waals surface area contributed by atoms with E-state index in [1.54, 1.807) is 25.2 Å². The lowest BCUT2D eigenvalue weighted by atomic mass is 10.2. The van der Waals surface area contributed by atoms with Crippen LogP contribution in [0.2, 0.25) is 10.0 Å². The van der Waals surface area contributed by atoms with Crippen molar-refractivity contribution in [1.82, 2.24) is 9.97 Å². The number of benzene rings is 2. The number of nitrogens with zero attached hydrogens (tertiary/aromatic N) is 2. The van der Waals surface area contributed by atoms with Crippen LogP contribution in [0.3, 0.4) is 0 Å². The summed E-state index contributed by atoms with van der Waals surface area (Å²) in [4.78, 5) is 20.6. The van der Waals surface area contributed by atoms with Gasteiger partial charge >= 0.3 is 6.09 Å². The number of amides is 1. The van der Waals surface area contributed by atoms with E-state index in [-0.39, 0.29) is 6.61 Å². The van der Waals surface area contributed by atoms with E-state index in [4.69, 9.17) is 27.9 Å². The smallest absolute Gasteiger partial charge is 0.412 e. The van der Waals surface area contributed by atoms with Gasteiger partial charge in [0.25, 0.3) is 0 Å². The first-order chi connectivity index (χ1) is 13.5. The molecular weight excluding hydrogens is 401 g/mol. The van der Waals surface area contributed by atoms with Gasteiger partial charge in [-0.25, -0.2) is 9.78 Å². The molecule has 0 saturated carbocycles. The topological polar surface area (TPSA) is 88.2 Å². The summed E-state index contributed by atoms with van der Waals surface area (Å²) in [6.45, 7) is 0.166. The Hall–Kier alpha value is -3.03. The SMILES string of the molecule is CNc1nc(Nc2ccc(Cl)c(Cl)c2)ncc1NC(=O)OCc1ccccc1. The van der Waals surface area contributed by atoms with Gasteiger partial charge in [-0.1, -0.05) is 53.5 Å². The Labute approximate surface area is 172 Å². The highest BCUT2D eigenvalue weighted by molar-refractivity contribution is 6.42. The fourth-order valence-electron chi connectivity index (χ4n) is 2.30. The number of nitrogens with one attached hydrogen (secondary N) is 3. The molecule has 0 aliphatic rings. The third-order valence-corrected chi connectivity index (χ3v) is 4.39. The molecule has 0 radical (unpaired) electrons. The summed E-state index contributed by atoms with van der Waals surface area (Å²) in [6, 6.07) is 14.5. The molecule has 1 aromatic heterocycles. The van der Waals surface area contributed by atoms with Crippen LogP contribution in [0.25, 0.3) is 0 Å². The molecule has 3 aromatic rings. The average molecular weight is 418 g/mol. The molecular formula is C19H17Cl2N5O2. The number of carbonyl (C=O) groups is 1. The fourth-order valence-corrected chi connectivity index (χ4v) is 2.59. The maximum Gasteiger partial charge on any atom is 0.412 e. The zero-order valence-electron chi connectivity index (χ0n) is 14.9. The van der Waals surface area contributed by atoms with Crippen molar-refractivity contribution in [1.29, 1.82) is 0 Å². The van der Waals surface area contributed by atoms with Crippen LogP contribution in [-0.4, -0.2) is 23.1 Å². The summed E-state index contributed by atoms with van der Waals surface area (Å²) in [5, 5.41) is 9.43. The number of hydrogen-bond acceptors (Lipinski definition) is 6. The van der Waals surface area contributed by atoms with E-state index in [9.17, 15) is 4.79 Å². The predicted molar refractivity (Wildman–Crippen MR) is 112 cm³/mol. The van der Waals surface area contributed by atoms with Crippen LogP contribution < -0.4 is 16.0 Å². The Bertz CT molecular complexity index is 970. The summed E-state index contributed by atoms with van der Waals surface area (Å²) in [6.07, 6.45) is 0.872.